The first-order valence-corrected chi connectivity index (χ1v) is 9.43. The van der Waals surface area contributed by atoms with Crippen LogP contribution in [0.3, 0.4) is 0 Å². The Hall–Kier alpha value is -0.140. The number of rotatable bonds is 8. The molecule has 0 saturated carbocycles. The van der Waals surface area contributed by atoms with Gasteiger partial charge in [0.25, 0.3) is 0 Å². The van der Waals surface area contributed by atoms with Crippen LogP contribution in [-0.4, -0.2) is 39.5 Å². The van der Waals surface area contributed by atoms with E-state index in [4.69, 9.17) is 16.3 Å². The van der Waals surface area contributed by atoms with Gasteiger partial charge in [0.1, 0.15) is 0 Å². The predicted molar refractivity (Wildman–Crippen MR) is 89.2 cm³/mol. The predicted octanol–water partition coefficient (Wildman–Crippen LogP) is 3.48. The van der Waals surface area contributed by atoms with Crippen LogP contribution in [0.5, 0.6) is 0 Å². The highest BCUT2D eigenvalue weighted by atomic mass is 79.9. The smallest absolute Gasteiger partial charge is 0.244 e. The molecule has 4 nitrogen and oxygen atoms in total. The summed E-state index contributed by atoms with van der Waals surface area (Å²) >= 11 is 9.12. The minimum Gasteiger partial charge on any atom is -0.383 e. The topological polar surface area (TPSA) is 46.6 Å². The van der Waals surface area contributed by atoms with Crippen LogP contribution in [0.2, 0.25) is 0 Å². The highest BCUT2D eigenvalue weighted by molar-refractivity contribution is 9.10. The van der Waals surface area contributed by atoms with Gasteiger partial charge >= 0.3 is 0 Å². The lowest BCUT2D eigenvalue weighted by Gasteiger charge is -2.24. The maximum absolute atomic E-state index is 12.9. The van der Waals surface area contributed by atoms with Gasteiger partial charge in [-0.2, -0.15) is 4.31 Å². The molecule has 0 radical (unpaired) electrons. The molecule has 0 heterocycles. The van der Waals surface area contributed by atoms with E-state index < -0.39 is 10.0 Å². The van der Waals surface area contributed by atoms with E-state index in [1.807, 2.05) is 13.8 Å². The van der Waals surface area contributed by atoms with Gasteiger partial charge in [-0.3, -0.25) is 0 Å². The number of alkyl halides is 1. The van der Waals surface area contributed by atoms with Gasteiger partial charge in [0.15, 0.2) is 0 Å². The van der Waals surface area contributed by atoms with Crippen molar-refractivity contribution in [2.45, 2.75) is 24.6 Å². The summed E-state index contributed by atoms with van der Waals surface area (Å²) in [5, 5.41) is 0. The molecule has 21 heavy (non-hydrogen) atoms. The summed E-state index contributed by atoms with van der Waals surface area (Å²) in [6.45, 7) is 5.11. The fourth-order valence-electron chi connectivity index (χ4n) is 1.88. The molecule has 0 aliphatic carbocycles. The van der Waals surface area contributed by atoms with Crippen molar-refractivity contribution in [3.8, 4) is 0 Å². The summed E-state index contributed by atoms with van der Waals surface area (Å²) < 4.78 is 32.7. The minimum absolute atomic E-state index is 0.228. The second-order valence-corrected chi connectivity index (χ2v) is 8.18. The zero-order valence-corrected chi connectivity index (χ0v) is 15.6. The molecule has 1 aromatic carbocycles. The Balaban J connectivity index is 3.20. The number of halogens is 2. The van der Waals surface area contributed by atoms with E-state index in [1.54, 1.807) is 25.3 Å². The van der Waals surface area contributed by atoms with Crippen molar-refractivity contribution in [2.24, 2.45) is 5.92 Å². The number of benzene rings is 1. The van der Waals surface area contributed by atoms with Crippen molar-refractivity contribution in [2.75, 3.05) is 26.8 Å². The van der Waals surface area contributed by atoms with Crippen LogP contribution in [0.1, 0.15) is 19.4 Å². The number of sulfonamides is 1. The summed E-state index contributed by atoms with van der Waals surface area (Å²) in [5.41, 5.74) is 0.773. The van der Waals surface area contributed by atoms with Crippen molar-refractivity contribution < 1.29 is 13.2 Å². The van der Waals surface area contributed by atoms with Gasteiger partial charge in [0.05, 0.1) is 11.5 Å². The molecule has 0 aromatic heterocycles. The molecular weight excluding hydrogens is 378 g/mol. The fraction of sp³-hybridized carbons (Fsp3) is 0.571. The van der Waals surface area contributed by atoms with Crippen molar-refractivity contribution in [1.29, 1.82) is 0 Å². The molecule has 120 valence electrons. The van der Waals surface area contributed by atoms with E-state index in [1.165, 1.54) is 4.31 Å². The van der Waals surface area contributed by atoms with Crippen LogP contribution in [0.25, 0.3) is 0 Å². The Morgan fingerprint density at radius 1 is 1.38 bits per heavy atom. The first kappa shape index (κ1) is 18.9. The van der Waals surface area contributed by atoms with Crippen molar-refractivity contribution in [1.82, 2.24) is 4.31 Å². The number of methoxy groups -OCH3 is 1. The summed E-state index contributed by atoms with van der Waals surface area (Å²) in [6, 6.07) is 5.14. The van der Waals surface area contributed by atoms with Gasteiger partial charge in [-0.25, -0.2) is 8.42 Å². The van der Waals surface area contributed by atoms with Crippen LogP contribution >= 0.6 is 27.5 Å². The van der Waals surface area contributed by atoms with E-state index in [0.717, 1.165) is 5.56 Å². The largest absolute Gasteiger partial charge is 0.383 e. The van der Waals surface area contributed by atoms with Gasteiger partial charge in [0.2, 0.25) is 10.0 Å². The van der Waals surface area contributed by atoms with Crippen molar-refractivity contribution in [3.63, 3.8) is 0 Å². The summed E-state index contributed by atoms with van der Waals surface area (Å²) in [6.07, 6.45) is 0. The van der Waals surface area contributed by atoms with Gasteiger partial charge in [0, 0.05) is 30.6 Å². The lowest BCUT2D eigenvalue weighted by Crippen LogP contribution is -2.37. The third-order valence-corrected chi connectivity index (χ3v) is 6.05. The summed E-state index contributed by atoms with van der Waals surface area (Å²) in [4.78, 5) is 0.248. The SMILES string of the molecule is COCCN(CC(C)C)S(=O)(=O)c1cc(CCl)ccc1Br. The number of ether oxygens (including phenoxy) is 1. The highest BCUT2D eigenvalue weighted by Crippen LogP contribution is 2.27. The van der Waals surface area contributed by atoms with Crippen LogP contribution in [0.15, 0.2) is 27.6 Å². The van der Waals surface area contributed by atoms with E-state index in [2.05, 4.69) is 15.9 Å². The lowest BCUT2D eigenvalue weighted by molar-refractivity contribution is 0.175. The molecule has 0 saturated heterocycles. The molecule has 1 rings (SSSR count). The van der Waals surface area contributed by atoms with Crippen molar-refractivity contribution in [3.05, 3.63) is 28.2 Å². The van der Waals surface area contributed by atoms with Gasteiger partial charge < -0.3 is 4.74 Å². The maximum Gasteiger partial charge on any atom is 0.244 e. The van der Waals surface area contributed by atoms with Crippen LogP contribution in [-0.2, 0) is 20.6 Å². The second kappa shape index (κ2) is 8.48. The van der Waals surface area contributed by atoms with E-state index >= 15 is 0 Å². The maximum atomic E-state index is 12.9. The second-order valence-electron chi connectivity index (χ2n) is 5.15. The van der Waals surface area contributed by atoms with Gasteiger partial charge in [-0.1, -0.05) is 19.9 Å². The van der Waals surface area contributed by atoms with Crippen LogP contribution in [0.4, 0.5) is 0 Å². The molecule has 0 amide bonds. The summed E-state index contributed by atoms with van der Waals surface area (Å²) in [7, 11) is -2.02. The molecule has 0 aliphatic rings. The lowest BCUT2D eigenvalue weighted by atomic mass is 10.2. The number of hydrogen-bond donors (Lipinski definition) is 0. The van der Waals surface area contributed by atoms with E-state index in [0.29, 0.717) is 24.2 Å². The quantitative estimate of drug-likeness (QED) is 0.630. The normalized spacial score (nSPS) is 12.3. The first-order chi connectivity index (χ1) is 9.82. The molecule has 0 N–H and O–H groups in total. The Morgan fingerprint density at radius 2 is 2.05 bits per heavy atom. The number of hydrogen-bond acceptors (Lipinski definition) is 3. The molecule has 0 fully saturated rings. The standard InChI is InChI=1S/C14H21BrClNO3S/c1-11(2)10-17(6-7-20-3)21(18,19)14-8-12(9-16)4-5-13(14)15/h4-5,8,11H,6-7,9-10H2,1-3H3. The Labute approximate surface area is 140 Å². The third-order valence-electron chi connectivity index (χ3n) is 2.88. The molecule has 0 aliphatic heterocycles. The average Bonchev–Trinajstić information content (AvgIpc) is 2.43. The van der Waals surface area contributed by atoms with Gasteiger partial charge in [-0.15, -0.1) is 11.6 Å². The molecular formula is C14H21BrClNO3S. The fourth-order valence-corrected chi connectivity index (χ4v) is 4.61. The Morgan fingerprint density at radius 3 is 2.57 bits per heavy atom. The van der Waals surface area contributed by atoms with Crippen LogP contribution < -0.4 is 0 Å². The zero-order valence-electron chi connectivity index (χ0n) is 12.5. The zero-order chi connectivity index (χ0) is 16.0. The average molecular weight is 399 g/mol. The molecule has 7 heteroatoms. The first-order valence-electron chi connectivity index (χ1n) is 6.66. The molecule has 0 bridgehead atoms. The monoisotopic (exact) mass is 397 g/mol. The third kappa shape index (κ3) is 5.21. The Kier molecular flexibility index (Phi) is 7.64. The van der Waals surface area contributed by atoms with Gasteiger partial charge in [-0.05, 0) is 39.5 Å². The minimum atomic E-state index is -3.58. The van der Waals surface area contributed by atoms with E-state index in [9.17, 15) is 8.42 Å². The highest BCUT2D eigenvalue weighted by Gasteiger charge is 2.27. The molecule has 1 aromatic rings. The molecule has 0 unspecified atom stereocenters. The van der Waals surface area contributed by atoms with Crippen molar-refractivity contribution >= 4 is 37.6 Å². The summed E-state index contributed by atoms with van der Waals surface area (Å²) in [5.74, 6) is 0.504. The molecule has 0 spiro atoms. The van der Waals surface area contributed by atoms with E-state index in [-0.39, 0.29) is 16.7 Å². The molecule has 0 atom stereocenters. The van der Waals surface area contributed by atoms with Crippen LogP contribution in [0, 0.1) is 5.92 Å². The Bertz CT molecular complexity index is 563. The number of nitrogens with zero attached hydrogens (tertiary/aromatic N) is 1.